The number of aromatic nitrogens is 1. The highest BCUT2D eigenvalue weighted by Gasteiger charge is 2.12. The zero-order valence-electron chi connectivity index (χ0n) is 10.8. The molecule has 0 aliphatic carbocycles. The third-order valence-corrected chi connectivity index (χ3v) is 3.84. The average Bonchev–Trinajstić information content (AvgIpc) is 2.91. The van der Waals surface area contributed by atoms with E-state index < -0.39 is 0 Å². The first-order chi connectivity index (χ1) is 9.20. The summed E-state index contributed by atoms with van der Waals surface area (Å²) in [5, 5.41) is 2.59. The number of ether oxygens (including phenoxy) is 1. The molecule has 0 amide bonds. The smallest absolute Gasteiger partial charge is 0.141 e. The van der Waals surface area contributed by atoms with Gasteiger partial charge >= 0.3 is 0 Å². The van der Waals surface area contributed by atoms with Crippen LogP contribution in [0.4, 0.5) is 0 Å². The van der Waals surface area contributed by atoms with Crippen molar-refractivity contribution in [2.75, 3.05) is 0 Å². The Morgan fingerprint density at radius 2 is 2.32 bits per heavy atom. The number of hydrogen-bond acceptors (Lipinski definition) is 4. The molecule has 0 aliphatic heterocycles. The quantitative estimate of drug-likeness (QED) is 0.885. The Morgan fingerprint density at radius 1 is 1.47 bits per heavy atom. The zero-order valence-corrected chi connectivity index (χ0v) is 12.4. The lowest BCUT2D eigenvalue weighted by atomic mass is 10.0. The molecule has 5 heteroatoms. The number of hydrogen-bond donors (Lipinski definition) is 1. The normalized spacial score (nSPS) is 12.4. The number of thiazole rings is 1. The molecule has 0 spiro atoms. The Bertz CT molecular complexity index is 516. The van der Waals surface area contributed by atoms with Gasteiger partial charge in [-0.25, -0.2) is 4.98 Å². The Kier molecular flexibility index (Phi) is 5.19. The van der Waals surface area contributed by atoms with Gasteiger partial charge in [0.1, 0.15) is 12.4 Å². The van der Waals surface area contributed by atoms with E-state index in [1.807, 2.05) is 23.6 Å². The fourth-order valence-electron chi connectivity index (χ4n) is 1.76. The lowest BCUT2D eigenvalue weighted by Crippen LogP contribution is -2.21. The van der Waals surface area contributed by atoms with Crippen molar-refractivity contribution < 1.29 is 4.74 Å². The standard InChI is InChI=1S/C14H17ClN2OS/c1-2-11(16)6-10-4-3-5-13(15)14(10)18-7-12-8-19-9-17-12/h3-5,8-9,11H,2,6-7,16H2,1H3. The predicted octanol–water partition coefficient (Wildman–Crippen LogP) is 3.66. The van der Waals surface area contributed by atoms with Crippen LogP contribution < -0.4 is 10.5 Å². The van der Waals surface area contributed by atoms with Crippen LogP contribution in [0, 0.1) is 0 Å². The molecule has 0 fully saturated rings. The SMILES string of the molecule is CCC(N)Cc1cccc(Cl)c1OCc1cscn1. The molecule has 102 valence electrons. The first-order valence-corrected chi connectivity index (χ1v) is 7.55. The number of rotatable bonds is 6. The van der Waals surface area contributed by atoms with Crippen molar-refractivity contribution in [2.45, 2.75) is 32.4 Å². The minimum absolute atomic E-state index is 0.125. The molecule has 1 aromatic carbocycles. The van der Waals surface area contributed by atoms with E-state index in [1.165, 1.54) is 0 Å². The maximum absolute atomic E-state index is 6.21. The largest absolute Gasteiger partial charge is 0.485 e. The Morgan fingerprint density at radius 3 is 3.00 bits per heavy atom. The highest BCUT2D eigenvalue weighted by Crippen LogP contribution is 2.30. The summed E-state index contributed by atoms with van der Waals surface area (Å²) in [5.41, 5.74) is 9.76. The summed E-state index contributed by atoms with van der Waals surface area (Å²) in [6.07, 6.45) is 1.70. The van der Waals surface area contributed by atoms with Gasteiger partial charge < -0.3 is 10.5 Å². The van der Waals surface area contributed by atoms with Crippen LogP contribution in [-0.2, 0) is 13.0 Å². The van der Waals surface area contributed by atoms with Gasteiger partial charge in [-0.3, -0.25) is 0 Å². The molecular formula is C14H17ClN2OS. The molecular weight excluding hydrogens is 280 g/mol. The molecule has 2 N–H and O–H groups in total. The number of halogens is 1. The number of nitrogens with two attached hydrogens (primary N) is 1. The molecule has 0 radical (unpaired) electrons. The van der Waals surface area contributed by atoms with Gasteiger partial charge in [0, 0.05) is 11.4 Å². The second-order valence-corrected chi connectivity index (χ2v) is 5.49. The molecule has 1 aromatic heterocycles. The van der Waals surface area contributed by atoms with Gasteiger partial charge in [0.25, 0.3) is 0 Å². The monoisotopic (exact) mass is 296 g/mol. The second-order valence-electron chi connectivity index (χ2n) is 4.37. The molecule has 3 nitrogen and oxygen atoms in total. The van der Waals surface area contributed by atoms with Crippen molar-refractivity contribution in [1.82, 2.24) is 4.98 Å². The van der Waals surface area contributed by atoms with Crippen molar-refractivity contribution in [3.63, 3.8) is 0 Å². The van der Waals surface area contributed by atoms with Gasteiger partial charge in [0.15, 0.2) is 0 Å². The van der Waals surface area contributed by atoms with E-state index in [0.717, 1.165) is 29.8 Å². The molecule has 0 bridgehead atoms. The molecule has 0 saturated carbocycles. The highest BCUT2D eigenvalue weighted by molar-refractivity contribution is 7.07. The van der Waals surface area contributed by atoms with Crippen molar-refractivity contribution in [3.8, 4) is 5.75 Å². The van der Waals surface area contributed by atoms with Gasteiger partial charge in [-0.2, -0.15) is 0 Å². The lowest BCUT2D eigenvalue weighted by Gasteiger charge is -2.15. The maximum atomic E-state index is 6.21. The van der Waals surface area contributed by atoms with Crippen LogP contribution >= 0.6 is 22.9 Å². The predicted molar refractivity (Wildman–Crippen MR) is 79.9 cm³/mol. The van der Waals surface area contributed by atoms with Gasteiger partial charge in [0.05, 0.1) is 16.2 Å². The maximum Gasteiger partial charge on any atom is 0.141 e. The van der Waals surface area contributed by atoms with Gasteiger partial charge in [-0.1, -0.05) is 30.7 Å². The Hall–Kier alpha value is -1.10. The molecule has 1 heterocycles. The summed E-state index contributed by atoms with van der Waals surface area (Å²) in [5.74, 6) is 0.723. The summed E-state index contributed by atoms with van der Waals surface area (Å²) in [6, 6.07) is 5.90. The lowest BCUT2D eigenvalue weighted by molar-refractivity contribution is 0.298. The summed E-state index contributed by atoms with van der Waals surface area (Å²) >= 11 is 7.77. The van der Waals surface area contributed by atoms with Crippen molar-refractivity contribution in [3.05, 3.63) is 45.4 Å². The minimum atomic E-state index is 0.125. The van der Waals surface area contributed by atoms with Crippen LogP contribution in [-0.4, -0.2) is 11.0 Å². The Balaban J connectivity index is 2.13. The number of para-hydroxylation sites is 1. The first kappa shape index (κ1) is 14.3. The zero-order chi connectivity index (χ0) is 13.7. The van der Waals surface area contributed by atoms with Gasteiger partial charge in [-0.15, -0.1) is 11.3 Å². The second kappa shape index (κ2) is 6.89. The highest BCUT2D eigenvalue weighted by atomic mass is 35.5. The number of benzene rings is 1. The number of nitrogens with zero attached hydrogens (tertiary/aromatic N) is 1. The first-order valence-electron chi connectivity index (χ1n) is 6.23. The van der Waals surface area contributed by atoms with Crippen molar-refractivity contribution in [2.24, 2.45) is 5.73 Å². The average molecular weight is 297 g/mol. The molecule has 0 aliphatic rings. The van der Waals surface area contributed by atoms with Crippen LogP contribution in [0.25, 0.3) is 0 Å². The topological polar surface area (TPSA) is 48.1 Å². The van der Waals surface area contributed by atoms with Crippen LogP contribution in [0.15, 0.2) is 29.1 Å². The van der Waals surface area contributed by atoms with E-state index in [9.17, 15) is 0 Å². The molecule has 0 saturated heterocycles. The third-order valence-electron chi connectivity index (χ3n) is 2.90. The van der Waals surface area contributed by atoms with Crippen LogP contribution in [0.1, 0.15) is 24.6 Å². The van der Waals surface area contributed by atoms with Crippen LogP contribution in [0.5, 0.6) is 5.75 Å². The van der Waals surface area contributed by atoms with Crippen LogP contribution in [0.3, 0.4) is 0 Å². The fourth-order valence-corrected chi connectivity index (χ4v) is 2.55. The molecule has 1 unspecified atom stereocenters. The molecule has 19 heavy (non-hydrogen) atoms. The fraction of sp³-hybridized carbons (Fsp3) is 0.357. The molecule has 1 atom stereocenters. The van der Waals surface area contributed by atoms with Crippen molar-refractivity contribution >= 4 is 22.9 Å². The van der Waals surface area contributed by atoms with Crippen LogP contribution in [0.2, 0.25) is 5.02 Å². The van der Waals surface area contributed by atoms with E-state index in [1.54, 1.807) is 16.8 Å². The van der Waals surface area contributed by atoms with E-state index in [4.69, 9.17) is 22.1 Å². The molecule has 2 rings (SSSR count). The van der Waals surface area contributed by atoms with E-state index in [-0.39, 0.29) is 6.04 Å². The van der Waals surface area contributed by atoms with Gasteiger partial charge in [-0.05, 0) is 24.5 Å². The third kappa shape index (κ3) is 3.93. The van der Waals surface area contributed by atoms with Crippen molar-refractivity contribution in [1.29, 1.82) is 0 Å². The summed E-state index contributed by atoms with van der Waals surface area (Å²) < 4.78 is 5.81. The Labute approximate surface area is 122 Å². The summed E-state index contributed by atoms with van der Waals surface area (Å²) in [4.78, 5) is 4.19. The van der Waals surface area contributed by atoms with E-state index >= 15 is 0 Å². The minimum Gasteiger partial charge on any atom is -0.485 e. The van der Waals surface area contributed by atoms with E-state index in [0.29, 0.717) is 11.6 Å². The van der Waals surface area contributed by atoms with Gasteiger partial charge in [0.2, 0.25) is 0 Å². The molecule has 2 aromatic rings. The summed E-state index contributed by atoms with van der Waals surface area (Å²) in [6.45, 7) is 2.51. The van der Waals surface area contributed by atoms with E-state index in [2.05, 4.69) is 11.9 Å². The summed E-state index contributed by atoms with van der Waals surface area (Å²) in [7, 11) is 0.